The first kappa shape index (κ1) is 14.3. The van der Waals surface area contributed by atoms with Crippen LogP contribution in [-0.2, 0) is 4.79 Å². The number of hydrogen-bond acceptors (Lipinski definition) is 4. The third-order valence-corrected chi connectivity index (χ3v) is 3.50. The summed E-state index contributed by atoms with van der Waals surface area (Å²) < 4.78 is 5.26. The Hall–Kier alpha value is -2.10. The highest BCUT2D eigenvalue weighted by Crippen LogP contribution is 2.35. The van der Waals surface area contributed by atoms with Gasteiger partial charge < -0.3 is 14.3 Å². The van der Waals surface area contributed by atoms with Crippen molar-refractivity contribution in [2.24, 2.45) is 5.92 Å². The molecule has 1 atom stereocenters. The minimum Gasteiger partial charge on any atom is -0.507 e. The van der Waals surface area contributed by atoms with Gasteiger partial charge in [-0.1, -0.05) is 26.0 Å². The molecule has 2 aromatic rings. The van der Waals surface area contributed by atoms with E-state index < -0.39 is 5.63 Å². The number of rotatable bonds is 4. The average Bonchev–Trinajstić information content (AvgIpc) is 2.37. The Bertz CT molecular complexity index is 697. The topological polar surface area (TPSA) is 67.5 Å². The standard InChI is InChI=1S/C16H18O4/c1-9(2)12(8-10(3)17)14-15(18)11-6-4-5-7-13(11)20-16(14)19/h4-7,9,12,18H,8H2,1-3H3/t12-/m1/s1. The number of carbonyl (C=O) groups excluding carboxylic acids is 1. The molecular formula is C16H18O4. The fourth-order valence-electron chi connectivity index (χ4n) is 2.46. The van der Waals surface area contributed by atoms with Crippen molar-refractivity contribution >= 4 is 16.8 Å². The molecule has 0 saturated carbocycles. The van der Waals surface area contributed by atoms with Crippen LogP contribution in [0.5, 0.6) is 5.75 Å². The monoisotopic (exact) mass is 274 g/mol. The van der Waals surface area contributed by atoms with Crippen molar-refractivity contribution < 1.29 is 14.3 Å². The average molecular weight is 274 g/mol. The Morgan fingerprint density at radius 3 is 2.55 bits per heavy atom. The van der Waals surface area contributed by atoms with Crippen LogP contribution in [0, 0.1) is 5.92 Å². The highest BCUT2D eigenvalue weighted by molar-refractivity contribution is 5.84. The number of benzene rings is 1. The maximum Gasteiger partial charge on any atom is 0.343 e. The molecule has 0 radical (unpaired) electrons. The van der Waals surface area contributed by atoms with Crippen LogP contribution in [0.2, 0.25) is 0 Å². The van der Waals surface area contributed by atoms with E-state index >= 15 is 0 Å². The van der Waals surface area contributed by atoms with E-state index in [9.17, 15) is 14.7 Å². The van der Waals surface area contributed by atoms with Crippen molar-refractivity contribution in [3.8, 4) is 5.75 Å². The predicted octanol–water partition coefficient (Wildman–Crippen LogP) is 3.22. The van der Waals surface area contributed by atoms with Crippen LogP contribution in [0.15, 0.2) is 33.5 Å². The van der Waals surface area contributed by atoms with Crippen LogP contribution in [-0.4, -0.2) is 10.9 Å². The van der Waals surface area contributed by atoms with Crippen LogP contribution in [0.3, 0.4) is 0 Å². The number of ketones is 1. The zero-order valence-corrected chi connectivity index (χ0v) is 11.8. The molecule has 0 spiro atoms. The van der Waals surface area contributed by atoms with E-state index in [-0.39, 0.29) is 35.4 Å². The molecule has 0 fully saturated rings. The first-order valence-corrected chi connectivity index (χ1v) is 6.66. The molecular weight excluding hydrogens is 256 g/mol. The van der Waals surface area contributed by atoms with E-state index in [2.05, 4.69) is 0 Å². The van der Waals surface area contributed by atoms with E-state index in [4.69, 9.17) is 4.42 Å². The van der Waals surface area contributed by atoms with Crippen molar-refractivity contribution in [1.29, 1.82) is 0 Å². The van der Waals surface area contributed by atoms with Crippen molar-refractivity contribution in [2.75, 3.05) is 0 Å². The molecule has 0 unspecified atom stereocenters. The van der Waals surface area contributed by atoms with Gasteiger partial charge in [0.1, 0.15) is 17.1 Å². The van der Waals surface area contributed by atoms with Crippen molar-refractivity contribution in [3.05, 3.63) is 40.2 Å². The van der Waals surface area contributed by atoms with Gasteiger partial charge in [-0.25, -0.2) is 4.79 Å². The van der Waals surface area contributed by atoms with Gasteiger partial charge in [-0.05, 0) is 25.0 Å². The molecule has 0 saturated heterocycles. The second kappa shape index (κ2) is 5.49. The number of para-hydroxylation sites is 1. The molecule has 0 amide bonds. The first-order chi connectivity index (χ1) is 9.41. The normalized spacial score (nSPS) is 12.8. The second-order valence-electron chi connectivity index (χ2n) is 5.40. The smallest absolute Gasteiger partial charge is 0.343 e. The number of hydrogen-bond donors (Lipinski definition) is 1. The summed E-state index contributed by atoms with van der Waals surface area (Å²) in [5.41, 5.74) is -0.0147. The van der Waals surface area contributed by atoms with Crippen molar-refractivity contribution in [3.63, 3.8) is 0 Å². The summed E-state index contributed by atoms with van der Waals surface area (Å²) in [5, 5.41) is 10.9. The summed E-state index contributed by atoms with van der Waals surface area (Å²) >= 11 is 0. The highest BCUT2D eigenvalue weighted by atomic mass is 16.4. The summed E-state index contributed by atoms with van der Waals surface area (Å²) in [5.74, 6) is -0.380. The Balaban J connectivity index is 2.68. The second-order valence-corrected chi connectivity index (χ2v) is 5.40. The first-order valence-electron chi connectivity index (χ1n) is 6.66. The number of aromatic hydroxyl groups is 1. The van der Waals surface area contributed by atoms with Gasteiger partial charge in [-0.15, -0.1) is 0 Å². The lowest BCUT2D eigenvalue weighted by Gasteiger charge is -2.20. The van der Waals surface area contributed by atoms with Crippen LogP contribution >= 0.6 is 0 Å². The summed E-state index contributed by atoms with van der Waals surface area (Å²) in [4.78, 5) is 23.5. The molecule has 4 nitrogen and oxygen atoms in total. The maximum atomic E-state index is 12.1. The minimum atomic E-state index is -0.568. The molecule has 1 aromatic carbocycles. The number of fused-ring (bicyclic) bond motifs is 1. The van der Waals surface area contributed by atoms with Crippen molar-refractivity contribution in [1.82, 2.24) is 0 Å². The fourth-order valence-corrected chi connectivity index (χ4v) is 2.46. The predicted molar refractivity (Wildman–Crippen MR) is 77.0 cm³/mol. The summed E-state index contributed by atoms with van der Waals surface area (Å²) in [6.45, 7) is 5.32. The Labute approximate surface area is 117 Å². The lowest BCUT2D eigenvalue weighted by Crippen LogP contribution is -2.19. The number of Topliss-reactive ketones (excluding diaryl/α,β-unsaturated/α-hetero) is 1. The molecule has 0 aliphatic carbocycles. The fraction of sp³-hybridized carbons (Fsp3) is 0.375. The molecule has 1 heterocycles. The van der Waals surface area contributed by atoms with E-state index in [0.29, 0.717) is 11.0 Å². The van der Waals surface area contributed by atoms with Gasteiger partial charge in [0.2, 0.25) is 0 Å². The van der Waals surface area contributed by atoms with E-state index in [0.717, 1.165) is 0 Å². The largest absolute Gasteiger partial charge is 0.507 e. The van der Waals surface area contributed by atoms with Crippen LogP contribution in [0.4, 0.5) is 0 Å². The quantitative estimate of drug-likeness (QED) is 0.869. The molecule has 2 rings (SSSR count). The molecule has 20 heavy (non-hydrogen) atoms. The lowest BCUT2D eigenvalue weighted by molar-refractivity contribution is -0.117. The summed E-state index contributed by atoms with van der Waals surface area (Å²) in [6, 6.07) is 6.83. The number of carbonyl (C=O) groups is 1. The van der Waals surface area contributed by atoms with Gasteiger partial charge >= 0.3 is 5.63 Å². The summed E-state index contributed by atoms with van der Waals surface area (Å²) in [7, 11) is 0. The zero-order valence-electron chi connectivity index (χ0n) is 11.8. The van der Waals surface area contributed by atoms with Gasteiger partial charge in [0, 0.05) is 12.3 Å². The maximum absolute atomic E-state index is 12.1. The SMILES string of the molecule is CC(=O)C[C@@H](c1c(O)c2ccccc2oc1=O)C(C)C. The lowest BCUT2D eigenvalue weighted by atomic mass is 9.84. The van der Waals surface area contributed by atoms with Crippen molar-refractivity contribution in [2.45, 2.75) is 33.1 Å². The van der Waals surface area contributed by atoms with Gasteiger partial charge in [0.05, 0.1) is 10.9 Å². The third-order valence-electron chi connectivity index (χ3n) is 3.50. The molecule has 1 aromatic heterocycles. The van der Waals surface area contributed by atoms with E-state index in [1.807, 2.05) is 13.8 Å². The van der Waals surface area contributed by atoms with Crippen LogP contribution in [0.1, 0.15) is 38.7 Å². The Morgan fingerprint density at radius 1 is 1.30 bits per heavy atom. The minimum absolute atomic E-state index is 0.0179. The van der Waals surface area contributed by atoms with Gasteiger partial charge in [-0.2, -0.15) is 0 Å². The third kappa shape index (κ3) is 2.59. The summed E-state index contributed by atoms with van der Waals surface area (Å²) in [6.07, 6.45) is 0.217. The van der Waals surface area contributed by atoms with Gasteiger partial charge in [-0.3, -0.25) is 0 Å². The van der Waals surface area contributed by atoms with E-state index in [1.54, 1.807) is 24.3 Å². The highest BCUT2D eigenvalue weighted by Gasteiger charge is 2.26. The van der Waals surface area contributed by atoms with Gasteiger partial charge in [0.15, 0.2) is 0 Å². The molecule has 0 aliphatic heterocycles. The van der Waals surface area contributed by atoms with Gasteiger partial charge in [0.25, 0.3) is 0 Å². The molecule has 0 bridgehead atoms. The Kier molecular flexibility index (Phi) is 3.93. The molecule has 0 aliphatic rings. The van der Waals surface area contributed by atoms with Crippen LogP contribution in [0.25, 0.3) is 11.0 Å². The zero-order chi connectivity index (χ0) is 14.9. The Morgan fingerprint density at radius 2 is 1.95 bits per heavy atom. The molecule has 4 heteroatoms. The molecule has 1 N–H and O–H groups in total. The van der Waals surface area contributed by atoms with E-state index in [1.165, 1.54) is 6.92 Å². The molecule has 106 valence electrons. The van der Waals surface area contributed by atoms with Crippen LogP contribution < -0.4 is 5.63 Å².